The summed E-state index contributed by atoms with van der Waals surface area (Å²) in [6.45, 7) is 5.44. The quantitative estimate of drug-likeness (QED) is 0.848. The van der Waals surface area contributed by atoms with Crippen LogP contribution in [-0.2, 0) is 13.2 Å². The van der Waals surface area contributed by atoms with Crippen molar-refractivity contribution in [2.24, 2.45) is 0 Å². The van der Waals surface area contributed by atoms with Gasteiger partial charge in [-0.3, -0.25) is 0 Å². The lowest BCUT2D eigenvalue weighted by molar-refractivity contribution is 0.231. The molecule has 0 spiro atoms. The van der Waals surface area contributed by atoms with Gasteiger partial charge in [-0.1, -0.05) is 23.7 Å². The Hall–Kier alpha value is -1.79. The van der Waals surface area contributed by atoms with E-state index in [2.05, 4.69) is 15.5 Å². The van der Waals surface area contributed by atoms with Crippen molar-refractivity contribution in [3.8, 4) is 11.5 Å². The van der Waals surface area contributed by atoms with Gasteiger partial charge in [-0.15, -0.1) is 0 Å². The predicted molar refractivity (Wildman–Crippen MR) is 78.8 cm³/mol. The van der Waals surface area contributed by atoms with Crippen LogP contribution < -0.4 is 14.8 Å². The Morgan fingerprint density at radius 3 is 2.81 bits per heavy atom. The number of hydrogen-bond acceptors (Lipinski definition) is 6. The molecule has 0 saturated carbocycles. The van der Waals surface area contributed by atoms with Crippen molar-refractivity contribution in [3.63, 3.8) is 0 Å². The van der Waals surface area contributed by atoms with E-state index in [9.17, 15) is 0 Å². The number of hydrogen-bond donors (Lipinski definition) is 1. The lowest BCUT2D eigenvalue weighted by atomic mass is 10.2. The molecule has 1 aromatic heterocycles. The highest BCUT2D eigenvalue weighted by Crippen LogP contribution is 2.35. The molecule has 0 fully saturated rings. The van der Waals surface area contributed by atoms with E-state index in [1.54, 1.807) is 20.1 Å². The normalized spacial score (nSPS) is 10.7. The van der Waals surface area contributed by atoms with Crippen molar-refractivity contribution in [1.82, 2.24) is 15.5 Å². The zero-order chi connectivity index (χ0) is 15.2. The van der Waals surface area contributed by atoms with Gasteiger partial charge < -0.3 is 19.3 Å². The van der Waals surface area contributed by atoms with Gasteiger partial charge in [0.2, 0.25) is 0 Å². The Morgan fingerprint density at radius 2 is 2.19 bits per heavy atom. The first-order chi connectivity index (χ1) is 10.1. The summed E-state index contributed by atoms with van der Waals surface area (Å²) in [6, 6.07) is 3.56. The third-order valence-corrected chi connectivity index (χ3v) is 3.01. The van der Waals surface area contributed by atoms with Crippen molar-refractivity contribution in [1.29, 1.82) is 0 Å². The summed E-state index contributed by atoms with van der Waals surface area (Å²) in [5.41, 5.74) is 0.914. The maximum absolute atomic E-state index is 6.10. The molecule has 2 rings (SSSR count). The lowest BCUT2D eigenvalue weighted by Gasteiger charge is -2.15. The molecule has 114 valence electrons. The molecule has 0 aliphatic carbocycles. The van der Waals surface area contributed by atoms with Crippen molar-refractivity contribution < 1.29 is 14.0 Å². The molecule has 1 N–H and O–H groups in total. The topological polar surface area (TPSA) is 69.4 Å². The number of nitrogens with zero attached hydrogens (tertiary/aromatic N) is 2. The van der Waals surface area contributed by atoms with E-state index in [0.29, 0.717) is 34.8 Å². The standard InChI is InChI=1S/C14H18ClN3O3/c1-4-16-7-10-5-11(15)6-12(19-3)14(10)20-8-13-17-9(2)18-21-13/h5-6,16H,4,7-8H2,1-3H3. The Bertz CT molecular complexity index is 601. The van der Waals surface area contributed by atoms with Crippen molar-refractivity contribution in [2.75, 3.05) is 13.7 Å². The first-order valence-corrected chi connectivity index (χ1v) is 7.01. The van der Waals surface area contributed by atoms with Crippen LogP contribution in [0.2, 0.25) is 5.02 Å². The molecule has 21 heavy (non-hydrogen) atoms. The number of methoxy groups -OCH3 is 1. The maximum Gasteiger partial charge on any atom is 0.264 e. The van der Waals surface area contributed by atoms with Gasteiger partial charge in [-0.05, 0) is 19.5 Å². The van der Waals surface area contributed by atoms with Crippen molar-refractivity contribution in [2.45, 2.75) is 27.0 Å². The highest BCUT2D eigenvalue weighted by molar-refractivity contribution is 6.30. The summed E-state index contributed by atoms with van der Waals surface area (Å²) < 4.78 is 16.2. The minimum Gasteiger partial charge on any atom is -0.493 e. The van der Waals surface area contributed by atoms with E-state index < -0.39 is 0 Å². The molecule has 1 aromatic carbocycles. The number of rotatable bonds is 7. The van der Waals surface area contributed by atoms with Gasteiger partial charge in [-0.25, -0.2) is 0 Å². The van der Waals surface area contributed by atoms with Crippen LogP contribution in [0.25, 0.3) is 0 Å². The Balaban J connectivity index is 2.21. The van der Waals surface area contributed by atoms with Crippen LogP contribution in [0.15, 0.2) is 16.7 Å². The number of aryl methyl sites for hydroxylation is 1. The minimum atomic E-state index is 0.179. The van der Waals surface area contributed by atoms with Gasteiger partial charge in [-0.2, -0.15) is 4.98 Å². The summed E-state index contributed by atoms with van der Waals surface area (Å²) in [5.74, 6) is 2.19. The third kappa shape index (κ3) is 4.09. The van der Waals surface area contributed by atoms with Crippen LogP contribution in [0.1, 0.15) is 24.2 Å². The first-order valence-electron chi connectivity index (χ1n) is 6.63. The Kier molecular flexibility index (Phi) is 5.41. The van der Waals surface area contributed by atoms with E-state index in [0.717, 1.165) is 12.1 Å². The third-order valence-electron chi connectivity index (χ3n) is 2.79. The molecule has 6 nitrogen and oxygen atoms in total. The number of aromatic nitrogens is 2. The molecule has 0 aliphatic heterocycles. The Morgan fingerprint density at radius 1 is 1.38 bits per heavy atom. The van der Waals surface area contributed by atoms with Gasteiger partial charge in [0.15, 0.2) is 23.9 Å². The zero-order valence-electron chi connectivity index (χ0n) is 12.3. The average molecular weight is 312 g/mol. The van der Waals surface area contributed by atoms with Gasteiger partial charge in [0.1, 0.15) is 0 Å². The summed E-state index contributed by atoms with van der Waals surface area (Å²) in [4.78, 5) is 4.11. The average Bonchev–Trinajstić information content (AvgIpc) is 2.88. The summed E-state index contributed by atoms with van der Waals surface area (Å²) in [7, 11) is 1.58. The fourth-order valence-corrected chi connectivity index (χ4v) is 2.09. The summed E-state index contributed by atoms with van der Waals surface area (Å²) in [5, 5.41) is 7.56. The molecule has 1 heterocycles. The van der Waals surface area contributed by atoms with Gasteiger partial charge in [0, 0.05) is 23.2 Å². The van der Waals surface area contributed by atoms with Crippen molar-refractivity contribution in [3.05, 3.63) is 34.4 Å². The summed E-state index contributed by atoms with van der Waals surface area (Å²) >= 11 is 6.10. The second-order valence-corrected chi connectivity index (χ2v) is 4.84. The van der Waals surface area contributed by atoms with Crippen LogP contribution in [0.4, 0.5) is 0 Å². The molecule has 0 aliphatic rings. The van der Waals surface area contributed by atoms with E-state index in [1.165, 1.54) is 0 Å². The smallest absolute Gasteiger partial charge is 0.264 e. The molecule has 0 bridgehead atoms. The SMILES string of the molecule is CCNCc1cc(Cl)cc(OC)c1OCc1nc(C)no1. The highest BCUT2D eigenvalue weighted by Gasteiger charge is 2.14. The van der Waals surface area contributed by atoms with Gasteiger partial charge in [0.25, 0.3) is 5.89 Å². The highest BCUT2D eigenvalue weighted by atomic mass is 35.5. The molecule has 2 aromatic rings. The van der Waals surface area contributed by atoms with Gasteiger partial charge >= 0.3 is 0 Å². The van der Waals surface area contributed by atoms with E-state index >= 15 is 0 Å². The molecule has 0 saturated heterocycles. The largest absolute Gasteiger partial charge is 0.493 e. The fourth-order valence-electron chi connectivity index (χ4n) is 1.86. The summed E-state index contributed by atoms with van der Waals surface area (Å²) in [6.07, 6.45) is 0. The minimum absolute atomic E-state index is 0.179. The second kappa shape index (κ2) is 7.28. The molecule has 0 amide bonds. The van der Waals surface area contributed by atoms with Crippen LogP contribution in [0.3, 0.4) is 0 Å². The zero-order valence-corrected chi connectivity index (χ0v) is 13.0. The lowest BCUT2D eigenvalue weighted by Crippen LogP contribution is -2.13. The molecular weight excluding hydrogens is 294 g/mol. The van der Waals surface area contributed by atoms with E-state index in [4.69, 9.17) is 25.6 Å². The maximum atomic E-state index is 6.10. The fraction of sp³-hybridized carbons (Fsp3) is 0.429. The first kappa shape index (κ1) is 15.6. The molecular formula is C14H18ClN3O3. The predicted octanol–water partition coefficient (Wildman–Crippen LogP) is 2.73. The monoisotopic (exact) mass is 311 g/mol. The van der Waals surface area contributed by atoms with Crippen LogP contribution in [0, 0.1) is 6.92 Å². The van der Waals surface area contributed by atoms with E-state index in [-0.39, 0.29) is 6.61 Å². The number of nitrogens with one attached hydrogen (secondary N) is 1. The second-order valence-electron chi connectivity index (χ2n) is 4.40. The van der Waals surface area contributed by atoms with Gasteiger partial charge in [0.05, 0.1) is 7.11 Å². The molecule has 0 radical (unpaired) electrons. The molecule has 0 unspecified atom stereocenters. The number of benzene rings is 1. The molecule has 0 atom stereocenters. The van der Waals surface area contributed by atoms with E-state index in [1.807, 2.05) is 13.0 Å². The molecule has 7 heteroatoms. The Labute approximate surface area is 128 Å². The number of ether oxygens (including phenoxy) is 2. The van der Waals surface area contributed by atoms with Crippen LogP contribution in [-0.4, -0.2) is 23.8 Å². The number of halogens is 1. The van der Waals surface area contributed by atoms with Crippen LogP contribution in [0.5, 0.6) is 11.5 Å². The van der Waals surface area contributed by atoms with Crippen LogP contribution >= 0.6 is 11.6 Å². The van der Waals surface area contributed by atoms with Crippen molar-refractivity contribution >= 4 is 11.6 Å².